The quantitative estimate of drug-likeness (QED) is 0.454. The molecule has 1 heterocycles. The summed E-state index contributed by atoms with van der Waals surface area (Å²) in [6.07, 6.45) is 0.0539. The summed E-state index contributed by atoms with van der Waals surface area (Å²) in [6.45, 7) is 0.976. The highest BCUT2D eigenvalue weighted by Crippen LogP contribution is 2.19. The van der Waals surface area contributed by atoms with Crippen molar-refractivity contribution in [1.29, 1.82) is 0 Å². The molecule has 1 aliphatic rings. The highest BCUT2D eigenvalue weighted by molar-refractivity contribution is 6.20. The molecule has 1 N–H and O–H groups in total. The van der Waals surface area contributed by atoms with Crippen LogP contribution in [-0.4, -0.2) is 36.6 Å². The van der Waals surface area contributed by atoms with Crippen molar-refractivity contribution in [3.05, 3.63) is 0 Å². The van der Waals surface area contributed by atoms with E-state index < -0.39 is 0 Å². The van der Waals surface area contributed by atoms with Crippen molar-refractivity contribution in [2.24, 2.45) is 0 Å². The predicted molar refractivity (Wildman–Crippen MR) is 32.4 cm³/mol. The molecule has 0 aromatic carbocycles. The van der Waals surface area contributed by atoms with Crippen molar-refractivity contribution in [3.8, 4) is 0 Å². The molecular weight excluding hydrogens is 144 g/mol. The lowest BCUT2D eigenvalue weighted by atomic mass is 10.5. The van der Waals surface area contributed by atoms with E-state index in [4.69, 9.17) is 26.2 Å². The van der Waals surface area contributed by atoms with E-state index in [1.54, 1.807) is 0 Å². The Kier molecular flexibility index (Phi) is 2.72. The average molecular weight is 153 g/mol. The molecule has 1 aliphatic heterocycles. The van der Waals surface area contributed by atoms with Crippen LogP contribution in [0.25, 0.3) is 0 Å². The van der Waals surface area contributed by atoms with E-state index in [9.17, 15) is 0 Å². The van der Waals surface area contributed by atoms with E-state index in [1.165, 1.54) is 0 Å². The fourth-order valence-corrected chi connectivity index (χ4v) is 0.714. The zero-order valence-corrected chi connectivity index (χ0v) is 5.67. The Morgan fingerprint density at radius 2 is 2.56 bits per heavy atom. The fourth-order valence-electron chi connectivity index (χ4n) is 0.479. The molecule has 2 unspecified atom stereocenters. The second kappa shape index (κ2) is 3.37. The second-order valence-corrected chi connectivity index (χ2v) is 2.25. The Balaban J connectivity index is 1.96. The third kappa shape index (κ3) is 2.49. The predicted octanol–water partition coefficient (Wildman–Crippen LogP) is -0.0410. The summed E-state index contributed by atoms with van der Waals surface area (Å²) in [5.74, 6) is 0. The maximum Gasteiger partial charge on any atom is 0.159 e. The van der Waals surface area contributed by atoms with E-state index in [0.29, 0.717) is 6.61 Å². The highest BCUT2D eigenvalue weighted by atomic mass is 35.5. The first kappa shape index (κ1) is 7.28. The van der Waals surface area contributed by atoms with Gasteiger partial charge in [0.25, 0.3) is 0 Å². The third-order valence-corrected chi connectivity index (χ3v) is 1.43. The van der Waals surface area contributed by atoms with Crippen LogP contribution in [0.3, 0.4) is 0 Å². The maximum absolute atomic E-state index is 8.29. The van der Waals surface area contributed by atoms with Gasteiger partial charge in [-0.05, 0) is 0 Å². The smallest absolute Gasteiger partial charge is 0.159 e. The molecule has 4 heteroatoms. The zero-order valence-electron chi connectivity index (χ0n) is 4.92. The minimum absolute atomic E-state index is 0.00986. The number of rotatable bonds is 4. The van der Waals surface area contributed by atoms with Gasteiger partial charge in [-0.25, -0.2) is 0 Å². The van der Waals surface area contributed by atoms with Crippen LogP contribution >= 0.6 is 11.6 Å². The summed E-state index contributed by atoms with van der Waals surface area (Å²) < 4.78 is 9.73. The minimum Gasteiger partial charge on any atom is -0.394 e. The van der Waals surface area contributed by atoms with Crippen molar-refractivity contribution >= 4 is 11.6 Å². The number of ether oxygens (including phenoxy) is 2. The number of hydrogen-bond donors (Lipinski definition) is 1. The first-order chi connectivity index (χ1) is 4.34. The largest absolute Gasteiger partial charge is 0.394 e. The Bertz CT molecular complexity index is 84.3. The van der Waals surface area contributed by atoms with Gasteiger partial charge in [0, 0.05) is 0 Å². The van der Waals surface area contributed by atoms with Crippen molar-refractivity contribution in [2.75, 3.05) is 19.8 Å². The van der Waals surface area contributed by atoms with Gasteiger partial charge >= 0.3 is 0 Å². The summed E-state index contributed by atoms with van der Waals surface area (Å²) in [7, 11) is 0. The normalized spacial score (nSPS) is 28.0. The SMILES string of the molecule is OCCOC(Cl)C1CO1. The van der Waals surface area contributed by atoms with Crippen LogP contribution in [-0.2, 0) is 9.47 Å². The van der Waals surface area contributed by atoms with Gasteiger partial charge in [0.2, 0.25) is 0 Å². The van der Waals surface area contributed by atoms with Gasteiger partial charge in [0.15, 0.2) is 5.56 Å². The van der Waals surface area contributed by atoms with Crippen molar-refractivity contribution in [2.45, 2.75) is 11.7 Å². The van der Waals surface area contributed by atoms with Crippen LogP contribution in [0.5, 0.6) is 0 Å². The molecule has 9 heavy (non-hydrogen) atoms. The molecule has 0 radical (unpaired) electrons. The van der Waals surface area contributed by atoms with Crippen molar-refractivity contribution < 1.29 is 14.6 Å². The molecule has 0 aliphatic carbocycles. The van der Waals surface area contributed by atoms with Crippen LogP contribution in [0.1, 0.15) is 0 Å². The van der Waals surface area contributed by atoms with E-state index in [0.717, 1.165) is 0 Å². The van der Waals surface area contributed by atoms with Crippen molar-refractivity contribution in [1.82, 2.24) is 0 Å². The van der Waals surface area contributed by atoms with Crippen LogP contribution in [0.2, 0.25) is 0 Å². The number of halogens is 1. The molecule has 0 saturated carbocycles. The van der Waals surface area contributed by atoms with E-state index >= 15 is 0 Å². The number of aliphatic hydroxyl groups excluding tert-OH is 1. The van der Waals surface area contributed by atoms with Crippen LogP contribution in [0.4, 0.5) is 0 Å². The van der Waals surface area contributed by atoms with Gasteiger partial charge in [-0.1, -0.05) is 11.6 Å². The maximum atomic E-state index is 8.29. The summed E-state index contributed by atoms with van der Waals surface area (Å²) in [4.78, 5) is 0. The van der Waals surface area contributed by atoms with Crippen LogP contribution < -0.4 is 0 Å². The first-order valence-electron chi connectivity index (χ1n) is 2.82. The standard InChI is InChI=1S/C5H9ClO3/c6-5(4-3-9-4)8-2-1-7/h4-5,7H,1-3H2. The molecule has 3 nitrogen and oxygen atoms in total. The van der Waals surface area contributed by atoms with Gasteiger partial charge in [-0.15, -0.1) is 0 Å². The Morgan fingerprint density at radius 1 is 1.89 bits per heavy atom. The number of hydrogen-bond acceptors (Lipinski definition) is 3. The lowest BCUT2D eigenvalue weighted by molar-refractivity contribution is 0.0575. The van der Waals surface area contributed by atoms with Crippen LogP contribution in [0.15, 0.2) is 0 Å². The number of aliphatic hydroxyl groups is 1. The molecule has 1 saturated heterocycles. The van der Waals surface area contributed by atoms with E-state index in [-0.39, 0.29) is 24.9 Å². The molecular formula is C5H9ClO3. The van der Waals surface area contributed by atoms with Gasteiger partial charge in [0.1, 0.15) is 6.10 Å². The molecule has 0 bridgehead atoms. The molecule has 0 aromatic heterocycles. The highest BCUT2D eigenvalue weighted by Gasteiger charge is 2.31. The minimum atomic E-state index is -0.378. The third-order valence-electron chi connectivity index (χ3n) is 1.02. The lowest BCUT2D eigenvalue weighted by Crippen LogP contribution is -2.14. The zero-order chi connectivity index (χ0) is 6.69. The van der Waals surface area contributed by atoms with Gasteiger partial charge in [-0.3, -0.25) is 0 Å². The first-order valence-corrected chi connectivity index (χ1v) is 3.26. The van der Waals surface area contributed by atoms with Crippen LogP contribution in [0, 0.1) is 0 Å². The summed E-state index contributed by atoms with van der Waals surface area (Å²) in [6, 6.07) is 0. The Morgan fingerprint density at radius 3 is 3.00 bits per heavy atom. The van der Waals surface area contributed by atoms with Gasteiger partial charge in [0.05, 0.1) is 19.8 Å². The Hall–Kier alpha value is 0.170. The molecule has 1 fully saturated rings. The lowest BCUT2D eigenvalue weighted by Gasteiger charge is -2.04. The monoisotopic (exact) mass is 152 g/mol. The molecule has 54 valence electrons. The van der Waals surface area contributed by atoms with E-state index in [2.05, 4.69) is 0 Å². The fraction of sp³-hybridized carbons (Fsp3) is 1.00. The van der Waals surface area contributed by atoms with Gasteiger partial charge in [-0.2, -0.15) is 0 Å². The van der Waals surface area contributed by atoms with Crippen molar-refractivity contribution in [3.63, 3.8) is 0 Å². The molecule has 2 atom stereocenters. The average Bonchev–Trinajstić information content (AvgIpc) is 2.63. The molecule has 0 spiro atoms. The van der Waals surface area contributed by atoms with E-state index in [1.807, 2.05) is 0 Å². The summed E-state index contributed by atoms with van der Waals surface area (Å²) in [5, 5.41) is 8.29. The molecule has 0 amide bonds. The topological polar surface area (TPSA) is 42.0 Å². The second-order valence-electron chi connectivity index (χ2n) is 1.82. The number of alkyl halides is 1. The van der Waals surface area contributed by atoms with Gasteiger partial charge < -0.3 is 14.6 Å². The molecule has 0 aromatic rings. The summed E-state index contributed by atoms with van der Waals surface area (Å²) in [5.41, 5.74) is -0.378. The molecule has 1 rings (SSSR count). The number of epoxide rings is 1. The Labute approximate surface area is 58.5 Å². The summed E-state index contributed by atoms with van der Waals surface area (Å²) >= 11 is 5.60.